The smallest absolute Gasteiger partial charge is 0.328 e. The lowest BCUT2D eigenvalue weighted by atomic mass is 9.97. The minimum absolute atomic E-state index is 0.209. The number of benzene rings is 2. The van der Waals surface area contributed by atoms with E-state index >= 15 is 0 Å². The summed E-state index contributed by atoms with van der Waals surface area (Å²) >= 11 is 0. The van der Waals surface area contributed by atoms with Gasteiger partial charge >= 0.3 is 5.97 Å². The molecular weight excluding hydrogens is 361 g/mol. The molecule has 6 heteroatoms. The Hall–Kier alpha value is -3.41. The summed E-state index contributed by atoms with van der Waals surface area (Å²) < 4.78 is 20.7. The first-order valence-corrected chi connectivity index (χ1v) is 8.77. The first-order chi connectivity index (χ1) is 13.3. The minimum atomic E-state index is -1.11. The van der Waals surface area contributed by atoms with E-state index < -0.39 is 11.8 Å². The topological polar surface area (TPSA) is 68.5 Å². The fourth-order valence-electron chi connectivity index (χ4n) is 3.34. The first kappa shape index (κ1) is 19.4. The highest BCUT2D eigenvalue weighted by Crippen LogP contribution is 2.37. The number of fused-ring (bicyclic) bond motifs is 1. The fraction of sp³-hybridized carbons (Fsp3) is 0.182. The van der Waals surface area contributed by atoms with Gasteiger partial charge in [0.2, 0.25) is 0 Å². The lowest BCUT2D eigenvalue weighted by Crippen LogP contribution is -2.25. The molecule has 0 atom stereocenters. The molecule has 0 amide bonds. The number of rotatable bonds is 5. The number of methoxy groups -OCH3 is 1. The molecule has 0 aliphatic rings. The van der Waals surface area contributed by atoms with E-state index in [9.17, 15) is 14.0 Å². The van der Waals surface area contributed by atoms with Crippen molar-refractivity contribution >= 4 is 22.8 Å². The number of ether oxygens (including phenoxy) is 1. The third kappa shape index (κ3) is 3.41. The van der Waals surface area contributed by atoms with E-state index in [2.05, 4.69) is 0 Å². The van der Waals surface area contributed by atoms with Crippen molar-refractivity contribution in [2.45, 2.75) is 19.9 Å². The molecule has 144 valence electrons. The molecule has 5 nitrogen and oxygen atoms in total. The zero-order valence-corrected chi connectivity index (χ0v) is 15.8. The number of pyridine rings is 1. The minimum Gasteiger partial charge on any atom is -0.496 e. The van der Waals surface area contributed by atoms with Gasteiger partial charge in [-0.2, -0.15) is 0 Å². The maximum absolute atomic E-state index is 13.8. The second-order valence-electron chi connectivity index (χ2n) is 6.59. The first-order valence-electron chi connectivity index (χ1n) is 8.77. The van der Waals surface area contributed by atoms with Crippen molar-refractivity contribution in [1.29, 1.82) is 0 Å². The summed E-state index contributed by atoms with van der Waals surface area (Å²) in [7, 11) is 1.42. The van der Waals surface area contributed by atoms with Crippen molar-refractivity contribution in [3.8, 4) is 17.0 Å². The molecule has 28 heavy (non-hydrogen) atoms. The largest absolute Gasteiger partial charge is 0.496 e. The zero-order chi connectivity index (χ0) is 20.4. The van der Waals surface area contributed by atoms with E-state index in [0.717, 1.165) is 6.08 Å². The predicted octanol–water partition coefficient (Wildman–Crippen LogP) is 4.49. The van der Waals surface area contributed by atoms with Gasteiger partial charge in [0.25, 0.3) is 5.56 Å². The number of nitrogens with zero attached hydrogens (tertiary/aromatic N) is 1. The quantitative estimate of drug-likeness (QED) is 0.661. The SMILES string of the molecule is COc1cc(F)ccc1-c1c(C=CC(=O)O)c2ccccc2c(=O)n1C(C)C. The molecule has 0 saturated carbocycles. The highest BCUT2D eigenvalue weighted by atomic mass is 19.1. The molecular formula is C22H20FNO4. The Balaban J connectivity index is 2.56. The Morgan fingerprint density at radius 1 is 1.18 bits per heavy atom. The van der Waals surface area contributed by atoms with E-state index in [-0.39, 0.29) is 17.4 Å². The summed E-state index contributed by atoms with van der Waals surface area (Å²) in [4.78, 5) is 24.4. The van der Waals surface area contributed by atoms with E-state index in [1.165, 1.54) is 31.4 Å². The molecule has 0 aliphatic heterocycles. The molecule has 1 heterocycles. The van der Waals surface area contributed by atoms with Gasteiger partial charge in [-0.3, -0.25) is 4.79 Å². The van der Waals surface area contributed by atoms with Crippen LogP contribution in [-0.2, 0) is 4.79 Å². The van der Waals surface area contributed by atoms with Crippen LogP contribution in [0.3, 0.4) is 0 Å². The number of hydrogen-bond donors (Lipinski definition) is 1. The number of carboxylic acid groups (broad SMARTS) is 1. The van der Waals surface area contributed by atoms with Gasteiger partial charge in [0.1, 0.15) is 11.6 Å². The van der Waals surface area contributed by atoms with Gasteiger partial charge in [0.05, 0.1) is 12.8 Å². The lowest BCUT2D eigenvalue weighted by molar-refractivity contribution is -0.131. The van der Waals surface area contributed by atoms with Gasteiger partial charge < -0.3 is 14.4 Å². The molecule has 0 bridgehead atoms. The highest BCUT2D eigenvalue weighted by molar-refractivity contribution is 5.99. The summed E-state index contributed by atoms with van der Waals surface area (Å²) in [6.45, 7) is 3.72. The molecule has 0 fully saturated rings. The summed E-state index contributed by atoms with van der Waals surface area (Å²) in [6.07, 6.45) is 2.48. The van der Waals surface area contributed by atoms with Gasteiger partial charge in [-0.15, -0.1) is 0 Å². The highest BCUT2D eigenvalue weighted by Gasteiger charge is 2.21. The molecule has 3 rings (SSSR count). The zero-order valence-electron chi connectivity index (χ0n) is 15.8. The summed E-state index contributed by atoms with van der Waals surface area (Å²) in [5, 5.41) is 10.2. The monoisotopic (exact) mass is 381 g/mol. The molecule has 2 aromatic carbocycles. The summed E-state index contributed by atoms with van der Waals surface area (Å²) in [5.41, 5.74) is 1.33. The van der Waals surface area contributed by atoms with Crippen molar-refractivity contribution in [3.05, 3.63) is 70.3 Å². The third-order valence-electron chi connectivity index (χ3n) is 4.49. The van der Waals surface area contributed by atoms with Gasteiger partial charge in [-0.1, -0.05) is 18.2 Å². The van der Waals surface area contributed by atoms with Crippen molar-refractivity contribution in [3.63, 3.8) is 0 Å². The van der Waals surface area contributed by atoms with Crippen LogP contribution in [0.1, 0.15) is 25.5 Å². The standard InChI is InChI=1S/C22H20FNO4/c1-13(2)24-21(18-9-8-14(23)12-19(18)28-3)16(10-11-20(25)26)15-6-4-5-7-17(15)22(24)27/h4-13H,1-3H3,(H,25,26). The maximum atomic E-state index is 13.8. The Morgan fingerprint density at radius 3 is 2.46 bits per heavy atom. The average molecular weight is 381 g/mol. The van der Waals surface area contributed by atoms with Crippen LogP contribution in [0.25, 0.3) is 28.1 Å². The van der Waals surface area contributed by atoms with Crippen LogP contribution in [-0.4, -0.2) is 22.8 Å². The lowest BCUT2D eigenvalue weighted by Gasteiger charge is -2.22. The number of aromatic nitrogens is 1. The van der Waals surface area contributed by atoms with Crippen LogP contribution in [0.4, 0.5) is 4.39 Å². The third-order valence-corrected chi connectivity index (χ3v) is 4.49. The van der Waals surface area contributed by atoms with E-state index in [0.29, 0.717) is 27.6 Å². The van der Waals surface area contributed by atoms with Crippen molar-refractivity contribution in [1.82, 2.24) is 4.57 Å². The predicted molar refractivity (Wildman–Crippen MR) is 107 cm³/mol. The van der Waals surface area contributed by atoms with Crippen LogP contribution in [0.15, 0.2) is 53.3 Å². The van der Waals surface area contributed by atoms with Crippen LogP contribution in [0.2, 0.25) is 0 Å². The normalized spacial score (nSPS) is 11.5. The molecule has 1 aromatic heterocycles. The van der Waals surface area contributed by atoms with E-state index in [4.69, 9.17) is 9.84 Å². The molecule has 0 spiro atoms. The van der Waals surface area contributed by atoms with Crippen molar-refractivity contribution < 1.29 is 19.0 Å². The second-order valence-corrected chi connectivity index (χ2v) is 6.59. The van der Waals surface area contributed by atoms with E-state index in [1.54, 1.807) is 28.8 Å². The molecule has 0 unspecified atom stereocenters. The van der Waals surface area contributed by atoms with E-state index in [1.807, 2.05) is 13.8 Å². The van der Waals surface area contributed by atoms with Gasteiger partial charge in [0, 0.05) is 34.7 Å². The fourth-order valence-corrected chi connectivity index (χ4v) is 3.34. The number of hydrogen-bond acceptors (Lipinski definition) is 3. The Morgan fingerprint density at radius 2 is 1.86 bits per heavy atom. The number of carboxylic acids is 1. The number of halogens is 1. The van der Waals surface area contributed by atoms with Crippen molar-refractivity contribution in [2.24, 2.45) is 0 Å². The Labute approximate surface area is 161 Å². The maximum Gasteiger partial charge on any atom is 0.328 e. The van der Waals surface area contributed by atoms with Gasteiger partial charge in [0.15, 0.2) is 0 Å². The van der Waals surface area contributed by atoms with Crippen LogP contribution in [0, 0.1) is 5.82 Å². The molecule has 3 aromatic rings. The van der Waals surface area contributed by atoms with Crippen molar-refractivity contribution in [2.75, 3.05) is 7.11 Å². The van der Waals surface area contributed by atoms with Gasteiger partial charge in [-0.25, -0.2) is 9.18 Å². The van der Waals surface area contributed by atoms with Crippen LogP contribution < -0.4 is 10.3 Å². The molecule has 1 N–H and O–H groups in total. The Bertz CT molecular complexity index is 1150. The number of carbonyl (C=O) groups is 1. The second kappa shape index (κ2) is 7.68. The number of aliphatic carboxylic acids is 1. The Kier molecular flexibility index (Phi) is 5.31. The van der Waals surface area contributed by atoms with Crippen LogP contribution >= 0.6 is 0 Å². The molecule has 0 saturated heterocycles. The average Bonchev–Trinajstić information content (AvgIpc) is 2.66. The molecule has 0 radical (unpaired) electrons. The van der Waals surface area contributed by atoms with Gasteiger partial charge in [-0.05, 0) is 43.5 Å². The van der Waals surface area contributed by atoms with Crippen LogP contribution in [0.5, 0.6) is 5.75 Å². The summed E-state index contributed by atoms with van der Waals surface area (Å²) in [6, 6.07) is 10.9. The summed E-state index contributed by atoms with van der Waals surface area (Å²) in [5.74, 6) is -1.32. The molecule has 0 aliphatic carbocycles.